The van der Waals surface area contributed by atoms with Crippen LogP contribution in [-0.2, 0) is 11.2 Å². The van der Waals surface area contributed by atoms with Crippen LogP contribution in [0.3, 0.4) is 0 Å². The molecule has 0 spiro atoms. The van der Waals surface area contributed by atoms with E-state index >= 15 is 0 Å². The maximum Gasteiger partial charge on any atom is 0.221 e. The van der Waals surface area contributed by atoms with E-state index in [1.807, 2.05) is 36.4 Å². The van der Waals surface area contributed by atoms with Crippen LogP contribution >= 0.6 is 22.9 Å². The van der Waals surface area contributed by atoms with Crippen molar-refractivity contribution in [3.05, 3.63) is 47.0 Å². The number of carbonyl (C=O) groups excluding carboxylic acids is 1. The van der Waals surface area contributed by atoms with Gasteiger partial charge >= 0.3 is 0 Å². The van der Waals surface area contributed by atoms with Gasteiger partial charge in [0.25, 0.3) is 0 Å². The van der Waals surface area contributed by atoms with Gasteiger partial charge in [0.05, 0.1) is 6.42 Å². The number of carbonyl (C=O) groups is 1. The van der Waals surface area contributed by atoms with Gasteiger partial charge in [0, 0.05) is 25.2 Å². The van der Waals surface area contributed by atoms with Crippen molar-refractivity contribution >= 4 is 49.0 Å². The van der Waals surface area contributed by atoms with Crippen LogP contribution in [0.5, 0.6) is 0 Å². The molecule has 0 aliphatic rings. The molecular weight excluding hydrogens is 278 g/mol. The Bertz CT molecular complexity index is 763. The monoisotopic (exact) mass is 291 g/mol. The molecule has 2 aromatic carbocycles. The Hall–Kier alpha value is -1.58. The Morgan fingerprint density at radius 2 is 1.89 bits per heavy atom. The summed E-state index contributed by atoms with van der Waals surface area (Å²) in [7, 11) is 0. The second-order valence-corrected chi connectivity index (χ2v) is 5.74. The molecule has 19 heavy (non-hydrogen) atoms. The SMILES string of the molecule is C.NC(=O)Cc1ccc2c(c1)sc1ccc(Cl)cc12. The zero-order valence-electron chi connectivity index (χ0n) is 9.44. The lowest BCUT2D eigenvalue weighted by molar-refractivity contribution is -0.117. The number of hydrogen-bond donors (Lipinski definition) is 1. The molecule has 0 bridgehead atoms. The van der Waals surface area contributed by atoms with E-state index in [1.165, 1.54) is 10.1 Å². The average Bonchev–Trinajstić information content (AvgIpc) is 2.65. The number of nitrogens with two attached hydrogens (primary N) is 1. The number of amides is 1. The fourth-order valence-electron chi connectivity index (χ4n) is 2.10. The molecule has 98 valence electrons. The molecule has 3 rings (SSSR count). The highest BCUT2D eigenvalue weighted by Crippen LogP contribution is 2.35. The smallest absolute Gasteiger partial charge is 0.221 e. The van der Waals surface area contributed by atoms with Gasteiger partial charge in [0.2, 0.25) is 5.91 Å². The number of hydrogen-bond acceptors (Lipinski definition) is 2. The fraction of sp³-hybridized carbons (Fsp3) is 0.133. The van der Waals surface area contributed by atoms with Gasteiger partial charge in [-0.15, -0.1) is 11.3 Å². The van der Waals surface area contributed by atoms with E-state index in [2.05, 4.69) is 0 Å². The van der Waals surface area contributed by atoms with E-state index in [9.17, 15) is 4.79 Å². The summed E-state index contributed by atoms with van der Waals surface area (Å²) in [6.07, 6.45) is 0.283. The Labute approximate surface area is 120 Å². The molecular formula is C15H14ClNOS. The summed E-state index contributed by atoms with van der Waals surface area (Å²) in [6, 6.07) is 11.9. The van der Waals surface area contributed by atoms with E-state index in [-0.39, 0.29) is 19.8 Å². The first kappa shape index (κ1) is 13.8. The Morgan fingerprint density at radius 1 is 1.11 bits per heavy atom. The number of benzene rings is 2. The van der Waals surface area contributed by atoms with Crippen molar-refractivity contribution in [2.75, 3.05) is 0 Å². The van der Waals surface area contributed by atoms with E-state index in [0.29, 0.717) is 0 Å². The average molecular weight is 292 g/mol. The molecule has 0 atom stereocenters. The zero-order chi connectivity index (χ0) is 12.7. The molecule has 0 fully saturated rings. The van der Waals surface area contributed by atoms with Crippen LogP contribution in [-0.4, -0.2) is 5.91 Å². The van der Waals surface area contributed by atoms with Crippen molar-refractivity contribution in [3.63, 3.8) is 0 Å². The first-order valence-corrected chi connectivity index (χ1v) is 6.72. The molecule has 0 unspecified atom stereocenters. The lowest BCUT2D eigenvalue weighted by Gasteiger charge is -1.98. The Kier molecular flexibility index (Phi) is 3.78. The van der Waals surface area contributed by atoms with Crippen LogP contribution in [0, 0.1) is 0 Å². The third-order valence-electron chi connectivity index (χ3n) is 2.88. The molecule has 0 aliphatic carbocycles. The topological polar surface area (TPSA) is 43.1 Å². The van der Waals surface area contributed by atoms with Gasteiger partial charge in [-0.2, -0.15) is 0 Å². The summed E-state index contributed by atoms with van der Waals surface area (Å²) in [5, 5.41) is 3.07. The first-order chi connectivity index (χ1) is 8.63. The van der Waals surface area contributed by atoms with Gasteiger partial charge < -0.3 is 5.73 Å². The number of primary amides is 1. The summed E-state index contributed by atoms with van der Waals surface area (Å²) in [5.74, 6) is -0.307. The lowest BCUT2D eigenvalue weighted by atomic mass is 10.1. The second kappa shape index (κ2) is 5.19. The number of thiophene rings is 1. The summed E-state index contributed by atoms with van der Waals surface area (Å²) < 4.78 is 2.36. The molecule has 2 N–H and O–H groups in total. The maximum atomic E-state index is 10.9. The van der Waals surface area contributed by atoms with E-state index in [1.54, 1.807) is 11.3 Å². The van der Waals surface area contributed by atoms with E-state index in [4.69, 9.17) is 17.3 Å². The second-order valence-electron chi connectivity index (χ2n) is 4.22. The summed E-state index contributed by atoms with van der Waals surface area (Å²) in [5.41, 5.74) is 6.16. The van der Waals surface area contributed by atoms with Crippen molar-refractivity contribution in [2.45, 2.75) is 13.8 Å². The number of fused-ring (bicyclic) bond motifs is 3. The molecule has 0 radical (unpaired) electrons. The highest BCUT2D eigenvalue weighted by atomic mass is 35.5. The largest absolute Gasteiger partial charge is 0.369 e. The van der Waals surface area contributed by atoms with Gasteiger partial charge in [-0.05, 0) is 29.8 Å². The summed E-state index contributed by atoms with van der Waals surface area (Å²) >= 11 is 7.72. The number of halogens is 1. The predicted molar refractivity (Wildman–Crippen MR) is 84.0 cm³/mol. The van der Waals surface area contributed by atoms with Crippen LogP contribution in [0.4, 0.5) is 0 Å². The maximum absolute atomic E-state index is 10.9. The van der Waals surface area contributed by atoms with Crippen LogP contribution < -0.4 is 5.73 Å². The zero-order valence-corrected chi connectivity index (χ0v) is 11.0. The van der Waals surface area contributed by atoms with Gasteiger partial charge in [-0.25, -0.2) is 0 Å². The van der Waals surface area contributed by atoms with Gasteiger partial charge in [0.1, 0.15) is 0 Å². The summed E-state index contributed by atoms with van der Waals surface area (Å²) in [6.45, 7) is 0. The van der Waals surface area contributed by atoms with Crippen LogP contribution in [0.1, 0.15) is 13.0 Å². The normalized spacial score (nSPS) is 10.6. The van der Waals surface area contributed by atoms with Crippen LogP contribution in [0.25, 0.3) is 20.2 Å². The molecule has 4 heteroatoms. The highest BCUT2D eigenvalue weighted by molar-refractivity contribution is 7.25. The molecule has 0 saturated heterocycles. The molecule has 1 heterocycles. The minimum Gasteiger partial charge on any atom is -0.369 e. The molecule has 1 amide bonds. The Balaban J connectivity index is 0.00000133. The quantitative estimate of drug-likeness (QED) is 0.748. The van der Waals surface area contributed by atoms with Gasteiger partial charge in [0.15, 0.2) is 0 Å². The predicted octanol–water partition coefficient (Wildman–Crippen LogP) is 4.37. The third-order valence-corrected chi connectivity index (χ3v) is 4.24. The van der Waals surface area contributed by atoms with Crippen molar-refractivity contribution in [1.29, 1.82) is 0 Å². The van der Waals surface area contributed by atoms with Crippen molar-refractivity contribution in [1.82, 2.24) is 0 Å². The lowest BCUT2D eigenvalue weighted by Crippen LogP contribution is -2.13. The molecule has 2 nitrogen and oxygen atoms in total. The van der Waals surface area contributed by atoms with Crippen molar-refractivity contribution in [2.24, 2.45) is 5.73 Å². The minimum atomic E-state index is -0.307. The number of rotatable bonds is 2. The van der Waals surface area contributed by atoms with Crippen molar-refractivity contribution in [3.8, 4) is 0 Å². The minimum absolute atomic E-state index is 0. The standard InChI is InChI=1S/C14H10ClNOS.CH4/c15-9-2-4-12-11(7-9)10-3-1-8(6-14(16)17)5-13(10)18-12;/h1-5,7H,6H2,(H2,16,17);1H4. The highest BCUT2D eigenvalue weighted by Gasteiger charge is 2.07. The first-order valence-electron chi connectivity index (χ1n) is 5.52. The molecule has 3 aromatic rings. The van der Waals surface area contributed by atoms with Crippen LogP contribution in [0.15, 0.2) is 36.4 Å². The van der Waals surface area contributed by atoms with E-state index in [0.717, 1.165) is 20.7 Å². The molecule has 1 aromatic heterocycles. The molecule has 0 saturated carbocycles. The Morgan fingerprint density at radius 3 is 2.63 bits per heavy atom. The van der Waals surface area contributed by atoms with Gasteiger partial charge in [-0.1, -0.05) is 31.2 Å². The fourth-order valence-corrected chi connectivity index (χ4v) is 3.43. The van der Waals surface area contributed by atoms with Gasteiger partial charge in [-0.3, -0.25) is 4.79 Å². The third kappa shape index (κ3) is 2.57. The summed E-state index contributed by atoms with van der Waals surface area (Å²) in [4.78, 5) is 10.9. The van der Waals surface area contributed by atoms with E-state index < -0.39 is 0 Å². The van der Waals surface area contributed by atoms with Crippen LogP contribution in [0.2, 0.25) is 5.02 Å². The van der Waals surface area contributed by atoms with Crippen molar-refractivity contribution < 1.29 is 4.79 Å². The molecule has 0 aliphatic heterocycles.